The van der Waals surface area contributed by atoms with Crippen molar-refractivity contribution in [1.82, 2.24) is 30.2 Å². The standard InChI is InChI=1S/C20H35N7.HI/c1-4-21-20(22-12-18-14-25-7-9-26(18)10-8-25)23-17-6-5-16-13-27(15(2)3)24-19(16)11-17;/h13,15,17-18H,4-12,14H2,1-3H3,(H2,21,22,23);1H. The number of hydrogen-bond acceptors (Lipinski definition) is 4. The molecule has 3 saturated heterocycles. The second-order valence-corrected chi connectivity index (χ2v) is 8.47. The lowest BCUT2D eigenvalue weighted by Gasteiger charge is -2.47. The monoisotopic (exact) mass is 501 g/mol. The third kappa shape index (κ3) is 4.99. The van der Waals surface area contributed by atoms with Gasteiger partial charge in [0.25, 0.3) is 0 Å². The number of piperazine rings is 3. The van der Waals surface area contributed by atoms with E-state index in [2.05, 4.69) is 52.1 Å². The van der Waals surface area contributed by atoms with Crippen LogP contribution in [0.5, 0.6) is 0 Å². The fourth-order valence-electron chi connectivity index (χ4n) is 4.51. The van der Waals surface area contributed by atoms with E-state index in [0.717, 1.165) is 38.3 Å². The van der Waals surface area contributed by atoms with Gasteiger partial charge in [-0.25, -0.2) is 0 Å². The fraction of sp³-hybridized carbons (Fsp3) is 0.800. The van der Waals surface area contributed by atoms with Crippen LogP contribution < -0.4 is 10.6 Å². The quantitative estimate of drug-likeness (QED) is 0.364. The summed E-state index contributed by atoms with van der Waals surface area (Å²) in [5.41, 5.74) is 2.68. The molecule has 8 heteroatoms. The normalized spacial score (nSPS) is 29.4. The summed E-state index contributed by atoms with van der Waals surface area (Å²) >= 11 is 0. The highest BCUT2D eigenvalue weighted by Gasteiger charge is 2.31. The van der Waals surface area contributed by atoms with Crippen LogP contribution in [-0.2, 0) is 12.8 Å². The van der Waals surface area contributed by atoms with Crippen molar-refractivity contribution in [3.05, 3.63) is 17.5 Å². The van der Waals surface area contributed by atoms with Gasteiger partial charge in [-0.15, -0.1) is 24.0 Å². The highest BCUT2D eigenvalue weighted by molar-refractivity contribution is 14.0. The zero-order valence-electron chi connectivity index (χ0n) is 17.5. The van der Waals surface area contributed by atoms with Crippen LogP contribution in [0.3, 0.4) is 0 Å². The van der Waals surface area contributed by atoms with Crippen molar-refractivity contribution in [3.8, 4) is 0 Å². The summed E-state index contributed by atoms with van der Waals surface area (Å²) in [4.78, 5) is 10.1. The minimum Gasteiger partial charge on any atom is -0.357 e. The first-order valence-electron chi connectivity index (χ1n) is 10.7. The van der Waals surface area contributed by atoms with Gasteiger partial charge in [0.15, 0.2) is 5.96 Å². The van der Waals surface area contributed by atoms with Crippen molar-refractivity contribution in [2.24, 2.45) is 4.99 Å². The predicted octanol–water partition coefficient (Wildman–Crippen LogP) is 1.49. The zero-order chi connectivity index (χ0) is 18.8. The molecule has 1 aromatic rings. The van der Waals surface area contributed by atoms with Crippen molar-refractivity contribution in [3.63, 3.8) is 0 Å². The van der Waals surface area contributed by atoms with Gasteiger partial charge < -0.3 is 10.6 Å². The number of guanidine groups is 1. The van der Waals surface area contributed by atoms with Gasteiger partial charge in [0.2, 0.25) is 0 Å². The van der Waals surface area contributed by atoms with Crippen molar-refractivity contribution in [1.29, 1.82) is 0 Å². The molecule has 2 unspecified atom stereocenters. The maximum absolute atomic E-state index is 4.94. The lowest BCUT2D eigenvalue weighted by molar-refractivity contribution is 0.0174. The van der Waals surface area contributed by atoms with E-state index in [1.807, 2.05) is 0 Å². The molecular weight excluding hydrogens is 465 g/mol. The molecule has 7 nitrogen and oxygen atoms in total. The Labute approximate surface area is 186 Å². The smallest absolute Gasteiger partial charge is 0.191 e. The van der Waals surface area contributed by atoms with E-state index in [9.17, 15) is 0 Å². The van der Waals surface area contributed by atoms with Crippen LogP contribution in [-0.4, -0.2) is 83.4 Å². The van der Waals surface area contributed by atoms with Gasteiger partial charge in [0, 0.05) is 70.0 Å². The first-order chi connectivity index (χ1) is 13.1. The molecule has 4 heterocycles. The Morgan fingerprint density at radius 2 is 2.07 bits per heavy atom. The molecule has 0 amide bonds. The van der Waals surface area contributed by atoms with Crippen LogP contribution >= 0.6 is 24.0 Å². The van der Waals surface area contributed by atoms with Gasteiger partial charge in [-0.3, -0.25) is 19.5 Å². The van der Waals surface area contributed by atoms with Crippen LogP contribution in [0.2, 0.25) is 0 Å². The molecule has 0 aromatic carbocycles. The SMILES string of the molecule is CCNC(=NCC1CN2CCN1CC2)NC1CCc2cn(C(C)C)nc2C1.I. The number of fused-ring (bicyclic) bond motifs is 4. The molecule has 3 aliphatic heterocycles. The Kier molecular flexibility index (Phi) is 7.60. The van der Waals surface area contributed by atoms with E-state index in [4.69, 9.17) is 10.1 Å². The third-order valence-corrected chi connectivity index (χ3v) is 6.16. The minimum absolute atomic E-state index is 0. The maximum Gasteiger partial charge on any atom is 0.191 e. The number of halogens is 1. The molecule has 0 saturated carbocycles. The molecule has 1 aromatic heterocycles. The highest BCUT2D eigenvalue weighted by Crippen LogP contribution is 2.22. The first-order valence-corrected chi connectivity index (χ1v) is 10.7. The summed E-state index contributed by atoms with van der Waals surface area (Å²) in [6.45, 7) is 14.3. The minimum atomic E-state index is 0. The topological polar surface area (TPSA) is 60.7 Å². The molecule has 4 aliphatic rings. The largest absolute Gasteiger partial charge is 0.357 e. The Morgan fingerprint density at radius 3 is 2.71 bits per heavy atom. The molecule has 158 valence electrons. The summed E-state index contributed by atoms with van der Waals surface area (Å²) in [6.07, 6.45) is 5.47. The van der Waals surface area contributed by atoms with Crippen LogP contribution in [0, 0.1) is 0 Å². The second-order valence-electron chi connectivity index (χ2n) is 8.47. The lowest BCUT2D eigenvalue weighted by atomic mass is 9.94. The Bertz CT molecular complexity index is 664. The zero-order valence-corrected chi connectivity index (χ0v) is 19.9. The van der Waals surface area contributed by atoms with Crippen molar-refractivity contribution in [2.75, 3.05) is 45.8 Å². The van der Waals surface area contributed by atoms with Crippen molar-refractivity contribution >= 4 is 29.9 Å². The summed E-state index contributed by atoms with van der Waals surface area (Å²) < 4.78 is 2.11. The van der Waals surface area contributed by atoms with Crippen molar-refractivity contribution < 1.29 is 0 Å². The maximum atomic E-state index is 4.94. The average molecular weight is 501 g/mol. The number of aromatic nitrogens is 2. The molecule has 2 bridgehead atoms. The number of aryl methyl sites for hydroxylation is 1. The van der Waals surface area contributed by atoms with E-state index in [-0.39, 0.29) is 24.0 Å². The molecule has 2 atom stereocenters. The van der Waals surface area contributed by atoms with Gasteiger partial charge in [0.1, 0.15) is 0 Å². The molecular formula is C20H36IN7. The summed E-state index contributed by atoms with van der Waals surface area (Å²) in [5, 5.41) is 11.9. The van der Waals surface area contributed by atoms with Gasteiger partial charge in [-0.2, -0.15) is 5.10 Å². The summed E-state index contributed by atoms with van der Waals surface area (Å²) in [6, 6.07) is 1.41. The molecule has 2 N–H and O–H groups in total. The van der Waals surface area contributed by atoms with E-state index in [1.165, 1.54) is 44.0 Å². The van der Waals surface area contributed by atoms with Gasteiger partial charge in [0.05, 0.1) is 12.2 Å². The Morgan fingerprint density at radius 1 is 1.29 bits per heavy atom. The predicted molar refractivity (Wildman–Crippen MR) is 125 cm³/mol. The molecule has 3 fully saturated rings. The summed E-state index contributed by atoms with van der Waals surface area (Å²) in [7, 11) is 0. The molecule has 1 aliphatic carbocycles. The van der Waals surface area contributed by atoms with E-state index in [1.54, 1.807) is 0 Å². The van der Waals surface area contributed by atoms with Gasteiger partial charge in [-0.1, -0.05) is 0 Å². The Hall–Kier alpha value is -0.870. The second kappa shape index (κ2) is 9.75. The molecule has 5 rings (SSSR count). The van der Waals surface area contributed by atoms with Crippen molar-refractivity contribution in [2.45, 2.75) is 58.2 Å². The first kappa shape index (κ1) is 21.8. The lowest BCUT2D eigenvalue weighted by Crippen LogP contribution is -2.62. The number of rotatable bonds is 5. The van der Waals surface area contributed by atoms with Gasteiger partial charge in [-0.05, 0) is 39.2 Å². The number of aliphatic imine (C=N–C) groups is 1. The van der Waals surface area contributed by atoms with E-state index in [0.29, 0.717) is 18.1 Å². The highest BCUT2D eigenvalue weighted by atomic mass is 127. The molecule has 0 radical (unpaired) electrons. The molecule has 0 spiro atoms. The van der Waals surface area contributed by atoms with Crippen LogP contribution in [0.4, 0.5) is 0 Å². The summed E-state index contributed by atoms with van der Waals surface area (Å²) in [5.74, 6) is 0.965. The van der Waals surface area contributed by atoms with Crippen LogP contribution in [0.1, 0.15) is 44.5 Å². The molecule has 28 heavy (non-hydrogen) atoms. The number of nitrogens with zero attached hydrogens (tertiary/aromatic N) is 5. The van der Waals surface area contributed by atoms with Crippen LogP contribution in [0.25, 0.3) is 0 Å². The van der Waals surface area contributed by atoms with E-state index < -0.39 is 0 Å². The number of hydrogen-bond donors (Lipinski definition) is 2. The third-order valence-electron chi connectivity index (χ3n) is 6.16. The average Bonchev–Trinajstić information content (AvgIpc) is 3.11. The van der Waals surface area contributed by atoms with Gasteiger partial charge >= 0.3 is 0 Å². The van der Waals surface area contributed by atoms with E-state index >= 15 is 0 Å². The Balaban J connectivity index is 0.00000225. The fourth-order valence-corrected chi connectivity index (χ4v) is 4.51. The number of nitrogens with one attached hydrogen (secondary N) is 2. The van der Waals surface area contributed by atoms with Crippen LogP contribution in [0.15, 0.2) is 11.2 Å².